The summed E-state index contributed by atoms with van der Waals surface area (Å²) in [5.41, 5.74) is 7.47. The first-order valence-electron chi connectivity index (χ1n) is 10.2. The maximum atomic E-state index is 12.7. The van der Waals surface area contributed by atoms with Crippen LogP contribution in [0, 0.1) is 5.41 Å². The van der Waals surface area contributed by atoms with Gasteiger partial charge in [0.25, 0.3) is 10.0 Å². The lowest BCUT2D eigenvalue weighted by atomic mass is 9.80. The minimum absolute atomic E-state index is 0.0331. The molecule has 1 spiro atoms. The highest BCUT2D eigenvalue weighted by molar-refractivity contribution is 8.13. The summed E-state index contributed by atoms with van der Waals surface area (Å²) in [4.78, 5) is 2.59. The molecule has 164 valence electrons. The van der Waals surface area contributed by atoms with Crippen LogP contribution in [0.1, 0.15) is 18.4 Å². The van der Waals surface area contributed by atoms with E-state index in [0.717, 1.165) is 32.5 Å². The lowest BCUT2D eigenvalue weighted by Gasteiger charge is -2.37. The van der Waals surface area contributed by atoms with Crippen molar-refractivity contribution in [3.05, 3.63) is 60.2 Å². The fraction of sp³-hybridized carbons (Fsp3) is 0.364. The molecule has 0 aromatic heterocycles. The number of hydrogen-bond acceptors (Lipinski definition) is 6. The number of nitrogens with zero attached hydrogens (tertiary/aromatic N) is 4. The maximum Gasteiger partial charge on any atom is 0.284 e. The van der Waals surface area contributed by atoms with Crippen LogP contribution in [0.4, 0.5) is 5.69 Å². The Morgan fingerprint density at radius 2 is 1.81 bits per heavy atom. The minimum atomic E-state index is -3.82. The van der Waals surface area contributed by atoms with Gasteiger partial charge in [-0.05, 0) is 62.0 Å². The zero-order chi connectivity index (χ0) is 21.9. The molecule has 7 nitrogen and oxygen atoms in total. The van der Waals surface area contributed by atoms with Crippen LogP contribution in [-0.4, -0.2) is 55.6 Å². The summed E-state index contributed by atoms with van der Waals surface area (Å²) in [6.45, 7) is 3.59. The SMILES string of the molecule is CS/C(=N\S(=O)(=O)c1ccc(N)cc1)N1CC2(C=N1)CCN(Cc1ccccc1)CC2. The van der Waals surface area contributed by atoms with E-state index in [2.05, 4.69) is 38.7 Å². The Morgan fingerprint density at radius 1 is 1.13 bits per heavy atom. The van der Waals surface area contributed by atoms with Crippen molar-refractivity contribution >= 4 is 38.9 Å². The second-order valence-electron chi connectivity index (χ2n) is 8.05. The standard InChI is InChI=1S/C22H27N5O2S2/c1-30-21(25-31(28,29)20-9-7-19(23)8-10-20)27-17-22(16-24-27)11-13-26(14-12-22)15-18-5-3-2-4-6-18/h2-10,16H,11-15,17,23H2,1H3/b25-21-. The summed E-state index contributed by atoms with van der Waals surface area (Å²) in [5, 5.41) is 6.65. The molecular formula is C22H27N5O2S2. The first kappa shape index (κ1) is 21.9. The van der Waals surface area contributed by atoms with Crippen LogP contribution in [0.3, 0.4) is 0 Å². The van der Waals surface area contributed by atoms with Crippen molar-refractivity contribution in [1.29, 1.82) is 0 Å². The number of nitrogen functional groups attached to an aromatic ring is 1. The van der Waals surface area contributed by atoms with Crippen LogP contribution in [0.15, 0.2) is 69.0 Å². The highest BCUT2D eigenvalue weighted by Crippen LogP contribution is 2.36. The van der Waals surface area contributed by atoms with Gasteiger partial charge < -0.3 is 5.73 Å². The Labute approximate surface area is 188 Å². The molecule has 0 bridgehead atoms. The smallest absolute Gasteiger partial charge is 0.284 e. The van der Waals surface area contributed by atoms with Crippen molar-refractivity contribution in [3.8, 4) is 0 Å². The molecule has 0 amide bonds. The van der Waals surface area contributed by atoms with Crippen molar-refractivity contribution in [2.45, 2.75) is 24.3 Å². The Bertz CT molecular complexity index is 1060. The van der Waals surface area contributed by atoms with Crippen molar-refractivity contribution in [2.24, 2.45) is 14.9 Å². The number of anilines is 1. The third-order valence-electron chi connectivity index (χ3n) is 5.82. The Kier molecular flexibility index (Phi) is 6.36. The third kappa shape index (κ3) is 5.11. The summed E-state index contributed by atoms with van der Waals surface area (Å²) in [5.74, 6) is 0. The highest BCUT2D eigenvalue weighted by Gasteiger charge is 2.39. The average Bonchev–Trinajstić information content (AvgIpc) is 3.18. The van der Waals surface area contributed by atoms with Gasteiger partial charge in [-0.15, -0.1) is 4.40 Å². The molecule has 0 saturated carbocycles. The number of piperidine rings is 1. The molecule has 2 aromatic carbocycles. The van der Waals surface area contributed by atoms with E-state index in [4.69, 9.17) is 5.73 Å². The summed E-state index contributed by atoms with van der Waals surface area (Å²) in [7, 11) is -3.82. The molecule has 2 aromatic rings. The molecular weight excluding hydrogens is 430 g/mol. The monoisotopic (exact) mass is 457 g/mol. The van der Waals surface area contributed by atoms with Gasteiger partial charge in [0.2, 0.25) is 0 Å². The molecule has 0 aliphatic carbocycles. The molecule has 0 radical (unpaired) electrons. The van der Waals surface area contributed by atoms with E-state index in [1.165, 1.54) is 29.5 Å². The molecule has 1 saturated heterocycles. The summed E-state index contributed by atoms with van der Waals surface area (Å²) in [6, 6.07) is 16.6. The molecule has 2 aliphatic rings. The predicted octanol–water partition coefficient (Wildman–Crippen LogP) is 3.26. The highest BCUT2D eigenvalue weighted by atomic mass is 32.2. The van der Waals surface area contributed by atoms with Crippen molar-refractivity contribution in [1.82, 2.24) is 9.91 Å². The summed E-state index contributed by atoms with van der Waals surface area (Å²) >= 11 is 1.29. The average molecular weight is 458 g/mol. The second-order valence-corrected chi connectivity index (χ2v) is 10.4. The van der Waals surface area contributed by atoms with Gasteiger partial charge in [0.1, 0.15) is 0 Å². The van der Waals surface area contributed by atoms with E-state index < -0.39 is 10.0 Å². The number of rotatable bonds is 4. The van der Waals surface area contributed by atoms with E-state index in [9.17, 15) is 8.42 Å². The zero-order valence-electron chi connectivity index (χ0n) is 17.5. The number of likely N-dealkylation sites (tertiary alicyclic amines) is 1. The Hall–Kier alpha value is -2.36. The lowest BCUT2D eigenvalue weighted by Crippen LogP contribution is -2.43. The molecule has 2 aliphatic heterocycles. The number of nitrogens with two attached hydrogens (primary N) is 1. The van der Waals surface area contributed by atoms with Crippen LogP contribution >= 0.6 is 11.8 Å². The molecule has 31 heavy (non-hydrogen) atoms. The van der Waals surface area contributed by atoms with Gasteiger partial charge in [0, 0.05) is 23.9 Å². The molecule has 9 heteroatoms. The van der Waals surface area contributed by atoms with E-state index in [0.29, 0.717) is 17.4 Å². The maximum absolute atomic E-state index is 12.7. The quantitative estimate of drug-likeness (QED) is 0.430. The third-order valence-corrected chi connectivity index (χ3v) is 7.88. The van der Waals surface area contributed by atoms with Gasteiger partial charge in [-0.2, -0.15) is 13.5 Å². The van der Waals surface area contributed by atoms with Crippen LogP contribution in [0.2, 0.25) is 0 Å². The van der Waals surface area contributed by atoms with Crippen LogP contribution < -0.4 is 5.73 Å². The van der Waals surface area contributed by atoms with Gasteiger partial charge in [0.15, 0.2) is 5.17 Å². The molecule has 1 fully saturated rings. The minimum Gasteiger partial charge on any atom is -0.399 e. The molecule has 2 N–H and O–H groups in total. The zero-order valence-corrected chi connectivity index (χ0v) is 19.1. The second kappa shape index (κ2) is 9.02. The number of benzene rings is 2. The van der Waals surface area contributed by atoms with E-state index in [1.807, 2.05) is 18.5 Å². The molecule has 0 atom stereocenters. The number of sulfonamides is 1. The summed E-state index contributed by atoms with van der Waals surface area (Å²) < 4.78 is 29.5. The van der Waals surface area contributed by atoms with E-state index in [-0.39, 0.29) is 10.3 Å². The molecule has 4 rings (SSSR count). The topological polar surface area (TPSA) is 91.4 Å². The lowest BCUT2D eigenvalue weighted by molar-refractivity contribution is 0.142. The summed E-state index contributed by atoms with van der Waals surface area (Å²) in [6.07, 6.45) is 5.80. The first-order chi connectivity index (χ1) is 14.9. The van der Waals surface area contributed by atoms with Crippen molar-refractivity contribution < 1.29 is 8.42 Å². The normalized spacial score (nSPS) is 19.3. The van der Waals surface area contributed by atoms with Gasteiger partial charge >= 0.3 is 0 Å². The fourth-order valence-electron chi connectivity index (χ4n) is 3.96. The fourth-order valence-corrected chi connectivity index (χ4v) is 5.76. The largest absolute Gasteiger partial charge is 0.399 e. The van der Waals surface area contributed by atoms with E-state index in [1.54, 1.807) is 17.1 Å². The predicted molar refractivity (Wildman–Crippen MR) is 128 cm³/mol. The van der Waals surface area contributed by atoms with Gasteiger partial charge in [0.05, 0.1) is 11.4 Å². The van der Waals surface area contributed by atoms with Crippen molar-refractivity contribution in [2.75, 3.05) is 31.6 Å². The van der Waals surface area contributed by atoms with Gasteiger partial charge in [-0.25, -0.2) is 5.01 Å². The Balaban J connectivity index is 1.41. The number of hydrogen-bond donors (Lipinski definition) is 1. The van der Waals surface area contributed by atoms with Crippen LogP contribution in [0.5, 0.6) is 0 Å². The van der Waals surface area contributed by atoms with E-state index >= 15 is 0 Å². The number of amidine groups is 1. The number of thioether (sulfide) groups is 1. The number of hydrazone groups is 1. The van der Waals surface area contributed by atoms with Crippen molar-refractivity contribution in [3.63, 3.8) is 0 Å². The van der Waals surface area contributed by atoms with Gasteiger partial charge in [-0.3, -0.25) is 4.90 Å². The molecule has 2 heterocycles. The van der Waals surface area contributed by atoms with Crippen LogP contribution in [0.25, 0.3) is 0 Å². The van der Waals surface area contributed by atoms with Crippen LogP contribution in [-0.2, 0) is 16.6 Å². The Morgan fingerprint density at radius 3 is 2.45 bits per heavy atom. The molecule has 0 unspecified atom stereocenters. The first-order valence-corrected chi connectivity index (χ1v) is 12.9. The van der Waals surface area contributed by atoms with Gasteiger partial charge in [-0.1, -0.05) is 42.1 Å².